The maximum absolute atomic E-state index is 13.7. The number of hydrogen-bond donors (Lipinski definition) is 3. The number of nitrogens with zero attached hydrogens (tertiary/aromatic N) is 3. The minimum Gasteiger partial charge on any atom is -0.343 e. The number of hydrogen-bond acceptors (Lipinski definition) is 4. The highest BCUT2D eigenvalue weighted by atomic mass is 35.5. The van der Waals surface area contributed by atoms with Crippen molar-refractivity contribution < 1.29 is 9.60 Å². The van der Waals surface area contributed by atoms with Gasteiger partial charge in [0.05, 0.1) is 11.8 Å². The highest BCUT2D eigenvalue weighted by Gasteiger charge is 2.11. The lowest BCUT2D eigenvalue weighted by Gasteiger charge is -2.06. The van der Waals surface area contributed by atoms with E-state index in [1.54, 1.807) is 6.07 Å². The van der Waals surface area contributed by atoms with Crippen molar-refractivity contribution >= 4 is 34.3 Å². The van der Waals surface area contributed by atoms with Crippen molar-refractivity contribution in [1.29, 1.82) is 0 Å². The van der Waals surface area contributed by atoms with Crippen molar-refractivity contribution in [1.82, 2.24) is 20.4 Å². The molecule has 0 aliphatic heterocycles. The van der Waals surface area contributed by atoms with E-state index in [4.69, 9.17) is 11.6 Å². The van der Waals surface area contributed by atoms with Crippen molar-refractivity contribution in [2.24, 2.45) is 4.99 Å². The summed E-state index contributed by atoms with van der Waals surface area (Å²) in [5.74, 6) is -0.505. The highest BCUT2D eigenvalue weighted by Crippen LogP contribution is 2.23. The molecule has 3 N–H and O–H groups in total. The summed E-state index contributed by atoms with van der Waals surface area (Å²) in [6, 6.07) is 5.60. The number of imidazole rings is 1. The Morgan fingerprint density at radius 3 is 3.00 bits per heavy atom. The van der Waals surface area contributed by atoms with Gasteiger partial charge in [-0.1, -0.05) is 11.6 Å². The van der Waals surface area contributed by atoms with E-state index >= 15 is 0 Å². The number of benzene rings is 1. The van der Waals surface area contributed by atoms with Crippen LogP contribution in [0, 0.1) is 5.82 Å². The molecule has 106 valence electrons. The van der Waals surface area contributed by atoms with Gasteiger partial charge in [0, 0.05) is 16.8 Å². The fourth-order valence-electron chi connectivity index (χ4n) is 1.88. The first kappa shape index (κ1) is 13.5. The van der Waals surface area contributed by atoms with E-state index in [0.717, 1.165) is 0 Å². The molecule has 0 saturated carbocycles. The number of rotatable bonds is 2. The third kappa shape index (κ3) is 2.56. The smallest absolute Gasteiger partial charge is 0.178 e. The predicted molar refractivity (Wildman–Crippen MR) is 76.4 cm³/mol. The largest absolute Gasteiger partial charge is 0.343 e. The molecule has 0 amide bonds. The van der Waals surface area contributed by atoms with Gasteiger partial charge >= 0.3 is 0 Å². The standard InChI is InChI=1S/C13H9ClFN5O/c14-7-1-2-9(15)10(5-7)19-12(20-21)8-3-4-16-13-11(8)17-6-18-13/h1-6,21H,(H,19,20)(H,16,17,18). The van der Waals surface area contributed by atoms with E-state index in [-0.39, 0.29) is 11.5 Å². The summed E-state index contributed by atoms with van der Waals surface area (Å²) in [6.07, 6.45) is 2.98. The lowest BCUT2D eigenvalue weighted by atomic mass is 10.2. The number of halogens is 2. The molecule has 3 rings (SSSR count). The predicted octanol–water partition coefficient (Wildman–Crippen LogP) is 2.81. The number of aromatic nitrogens is 3. The van der Waals surface area contributed by atoms with Crippen LogP contribution in [0.25, 0.3) is 11.2 Å². The number of fused-ring (bicyclic) bond motifs is 1. The molecule has 0 saturated heterocycles. The summed E-state index contributed by atoms with van der Waals surface area (Å²) in [4.78, 5) is 15.0. The van der Waals surface area contributed by atoms with Gasteiger partial charge in [0.15, 0.2) is 11.5 Å². The van der Waals surface area contributed by atoms with Crippen molar-refractivity contribution in [3.8, 4) is 0 Å². The van der Waals surface area contributed by atoms with Crippen LogP contribution in [0.2, 0.25) is 5.02 Å². The molecule has 0 atom stereocenters. The third-order valence-electron chi connectivity index (χ3n) is 2.83. The van der Waals surface area contributed by atoms with Gasteiger partial charge in [-0.25, -0.2) is 19.4 Å². The summed E-state index contributed by atoms with van der Waals surface area (Å²) in [5, 5.41) is 9.65. The maximum Gasteiger partial charge on any atom is 0.178 e. The topological polar surface area (TPSA) is 86.2 Å². The lowest BCUT2D eigenvalue weighted by Crippen LogP contribution is -2.20. The number of H-pyrrole nitrogens is 1. The second kappa shape index (κ2) is 5.47. The molecule has 2 aromatic heterocycles. The lowest BCUT2D eigenvalue weighted by molar-refractivity contribution is 0.235. The number of aliphatic imine (C=N–C) groups is 1. The Morgan fingerprint density at radius 1 is 1.33 bits per heavy atom. The van der Waals surface area contributed by atoms with Crippen molar-refractivity contribution in [3.63, 3.8) is 0 Å². The Balaban J connectivity index is 2.15. The van der Waals surface area contributed by atoms with Gasteiger partial charge in [-0.3, -0.25) is 10.7 Å². The van der Waals surface area contributed by atoms with Crippen molar-refractivity contribution in [3.05, 3.63) is 53.2 Å². The molecule has 0 bridgehead atoms. The molecule has 0 unspecified atom stereocenters. The molecule has 2 heterocycles. The Hall–Kier alpha value is -2.51. The maximum atomic E-state index is 13.7. The van der Waals surface area contributed by atoms with Crippen molar-refractivity contribution in [2.75, 3.05) is 0 Å². The molecule has 0 aliphatic rings. The summed E-state index contributed by atoms with van der Waals surface area (Å²) in [5.41, 5.74) is 3.49. The number of amidine groups is 1. The van der Waals surface area contributed by atoms with E-state index in [2.05, 4.69) is 19.9 Å². The van der Waals surface area contributed by atoms with E-state index in [1.807, 2.05) is 5.48 Å². The quantitative estimate of drug-likeness (QED) is 0.386. The molecule has 8 heteroatoms. The highest BCUT2D eigenvalue weighted by molar-refractivity contribution is 6.30. The summed E-state index contributed by atoms with van der Waals surface area (Å²) >= 11 is 5.82. The molecule has 0 fully saturated rings. The van der Waals surface area contributed by atoms with Crippen LogP contribution in [0.1, 0.15) is 5.56 Å². The van der Waals surface area contributed by atoms with E-state index in [0.29, 0.717) is 21.7 Å². The normalized spacial score (nSPS) is 11.9. The van der Waals surface area contributed by atoms with Crippen LogP contribution in [0.15, 0.2) is 41.8 Å². The number of pyridine rings is 1. The summed E-state index contributed by atoms with van der Waals surface area (Å²) in [7, 11) is 0. The van der Waals surface area contributed by atoms with Gasteiger partial charge in [0.1, 0.15) is 11.5 Å². The average molecular weight is 306 g/mol. The van der Waals surface area contributed by atoms with Gasteiger partial charge in [0.25, 0.3) is 0 Å². The number of aromatic amines is 1. The van der Waals surface area contributed by atoms with Crippen LogP contribution >= 0.6 is 11.6 Å². The fraction of sp³-hybridized carbons (Fsp3) is 0. The van der Waals surface area contributed by atoms with Gasteiger partial charge < -0.3 is 4.98 Å². The van der Waals surface area contributed by atoms with Crippen LogP contribution in [-0.2, 0) is 0 Å². The Morgan fingerprint density at radius 2 is 2.19 bits per heavy atom. The molecule has 6 nitrogen and oxygen atoms in total. The van der Waals surface area contributed by atoms with Gasteiger partial charge in [0.2, 0.25) is 0 Å². The zero-order valence-electron chi connectivity index (χ0n) is 10.5. The van der Waals surface area contributed by atoms with E-state index < -0.39 is 5.82 Å². The number of hydroxylamine groups is 1. The average Bonchev–Trinajstić information content (AvgIpc) is 2.96. The minimum atomic E-state index is -0.554. The molecule has 0 aliphatic carbocycles. The van der Waals surface area contributed by atoms with E-state index in [9.17, 15) is 9.60 Å². The monoisotopic (exact) mass is 305 g/mol. The molecule has 0 spiro atoms. The first-order chi connectivity index (χ1) is 10.2. The molecular weight excluding hydrogens is 297 g/mol. The molecular formula is C13H9ClFN5O. The zero-order valence-corrected chi connectivity index (χ0v) is 11.3. The number of nitrogens with one attached hydrogen (secondary N) is 2. The van der Waals surface area contributed by atoms with Crippen LogP contribution in [0.5, 0.6) is 0 Å². The van der Waals surface area contributed by atoms with Crippen LogP contribution in [-0.4, -0.2) is 26.0 Å². The Labute approximate surface area is 123 Å². The van der Waals surface area contributed by atoms with Gasteiger partial charge in [-0.15, -0.1) is 0 Å². The van der Waals surface area contributed by atoms with Crippen LogP contribution in [0.4, 0.5) is 10.1 Å². The van der Waals surface area contributed by atoms with Crippen molar-refractivity contribution in [2.45, 2.75) is 0 Å². The first-order valence-electron chi connectivity index (χ1n) is 5.91. The second-order valence-electron chi connectivity index (χ2n) is 4.13. The molecule has 1 aromatic carbocycles. The SMILES string of the molecule is ONC(=Nc1cc(Cl)ccc1F)c1ccnc2nc[nH]c12. The summed E-state index contributed by atoms with van der Waals surface area (Å²) < 4.78 is 13.7. The molecule has 3 aromatic rings. The van der Waals surface area contributed by atoms with Crippen LogP contribution < -0.4 is 5.48 Å². The fourth-order valence-corrected chi connectivity index (χ4v) is 2.05. The third-order valence-corrected chi connectivity index (χ3v) is 3.06. The molecule has 21 heavy (non-hydrogen) atoms. The summed E-state index contributed by atoms with van der Waals surface area (Å²) in [6.45, 7) is 0. The van der Waals surface area contributed by atoms with Crippen LogP contribution in [0.3, 0.4) is 0 Å². The zero-order chi connectivity index (χ0) is 14.8. The second-order valence-corrected chi connectivity index (χ2v) is 4.56. The Kier molecular flexibility index (Phi) is 3.51. The Bertz CT molecular complexity index is 832. The van der Waals surface area contributed by atoms with Gasteiger partial charge in [-0.05, 0) is 24.3 Å². The molecule has 0 radical (unpaired) electrons. The minimum absolute atomic E-state index is 0.00327. The van der Waals surface area contributed by atoms with E-state index in [1.165, 1.54) is 30.7 Å². The first-order valence-corrected chi connectivity index (χ1v) is 6.29. The van der Waals surface area contributed by atoms with Gasteiger partial charge in [-0.2, -0.15) is 0 Å².